The lowest BCUT2D eigenvalue weighted by Crippen LogP contribution is -2.33. The van der Waals surface area contributed by atoms with Crippen molar-refractivity contribution in [1.82, 2.24) is 29.9 Å². The molecule has 4 rings (SSSR count). The molecule has 0 aliphatic carbocycles. The zero-order valence-electron chi connectivity index (χ0n) is 18.2. The van der Waals surface area contributed by atoms with Gasteiger partial charge in [0.25, 0.3) is 5.89 Å². The number of nitrogens with zero attached hydrogens (tertiary/aromatic N) is 6. The monoisotopic (exact) mass is 468 g/mol. The Bertz CT molecular complexity index is 1180. The second-order valence-electron chi connectivity index (χ2n) is 7.23. The van der Waals surface area contributed by atoms with E-state index >= 15 is 0 Å². The highest BCUT2D eigenvalue weighted by Crippen LogP contribution is 2.25. The fraction of sp³-hybridized carbons (Fsp3) is 0.318. The van der Waals surface area contributed by atoms with Crippen molar-refractivity contribution in [3.63, 3.8) is 0 Å². The average molecular weight is 469 g/mol. The van der Waals surface area contributed by atoms with Crippen LogP contribution in [0.3, 0.4) is 0 Å². The van der Waals surface area contributed by atoms with Gasteiger partial charge in [-0.1, -0.05) is 43.0 Å². The van der Waals surface area contributed by atoms with Crippen LogP contribution in [0.15, 0.2) is 51.4 Å². The van der Waals surface area contributed by atoms with Gasteiger partial charge in [-0.05, 0) is 43.3 Å². The number of rotatable bonds is 9. The summed E-state index contributed by atoms with van der Waals surface area (Å²) in [6, 6.07) is 11.9. The predicted octanol–water partition coefficient (Wildman–Crippen LogP) is 4.53. The molecule has 1 aromatic carbocycles. The van der Waals surface area contributed by atoms with Crippen molar-refractivity contribution in [2.75, 3.05) is 12.3 Å². The normalized spacial score (nSPS) is 11.1. The van der Waals surface area contributed by atoms with Crippen LogP contribution in [0.4, 0.5) is 0 Å². The summed E-state index contributed by atoms with van der Waals surface area (Å²) in [5, 5.41) is 19.4. The second-order valence-corrected chi connectivity index (χ2v) is 9.12. The van der Waals surface area contributed by atoms with Gasteiger partial charge in [0.05, 0.1) is 22.9 Å². The van der Waals surface area contributed by atoms with Crippen LogP contribution < -0.4 is 0 Å². The van der Waals surface area contributed by atoms with Gasteiger partial charge in [0.1, 0.15) is 5.82 Å². The first-order chi connectivity index (χ1) is 15.6. The maximum atomic E-state index is 13.0. The molecule has 166 valence electrons. The Balaban J connectivity index is 1.45. The fourth-order valence-electron chi connectivity index (χ4n) is 3.29. The first-order valence-corrected chi connectivity index (χ1v) is 12.2. The molecule has 0 atom stereocenters. The van der Waals surface area contributed by atoms with E-state index in [1.807, 2.05) is 67.1 Å². The van der Waals surface area contributed by atoms with Crippen LogP contribution in [0.2, 0.25) is 0 Å². The van der Waals surface area contributed by atoms with Gasteiger partial charge >= 0.3 is 0 Å². The van der Waals surface area contributed by atoms with E-state index < -0.39 is 0 Å². The van der Waals surface area contributed by atoms with Gasteiger partial charge in [-0.15, -0.1) is 31.7 Å². The Morgan fingerprint density at radius 1 is 1.12 bits per heavy atom. The SMILES string of the molecule is CCCN(Cc1nnc(-c2cccs2)o1)C(=O)CSc1nnc(C)n1-c1ccccc1C. The Hall–Kier alpha value is -2.98. The zero-order valence-corrected chi connectivity index (χ0v) is 19.8. The lowest BCUT2D eigenvalue weighted by Gasteiger charge is -2.20. The van der Waals surface area contributed by atoms with E-state index in [2.05, 4.69) is 20.4 Å². The molecule has 0 unspecified atom stereocenters. The highest BCUT2D eigenvalue weighted by Gasteiger charge is 2.20. The summed E-state index contributed by atoms with van der Waals surface area (Å²) in [6.07, 6.45) is 0.834. The molecule has 8 nitrogen and oxygen atoms in total. The van der Waals surface area contributed by atoms with Crippen molar-refractivity contribution in [3.05, 3.63) is 59.1 Å². The molecule has 0 N–H and O–H groups in total. The van der Waals surface area contributed by atoms with E-state index in [1.165, 1.54) is 23.1 Å². The van der Waals surface area contributed by atoms with Gasteiger partial charge in [0, 0.05) is 6.54 Å². The first kappa shape index (κ1) is 22.2. The number of benzene rings is 1. The summed E-state index contributed by atoms with van der Waals surface area (Å²) in [5.41, 5.74) is 2.14. The molecule has 0 radical (unpaired) electrons. The summed E-state index contributed by atoms with van der Waals surface area (Å²) in [7, 11) is 0. The number of para-hydroxylation sites is 1. The van der Waals surface area contributed by atoms with Gasteiger partial charge in [-0.3, -0.25) is 9.36 Å². The van der Waals surface area contributed by atoms with Crippen molar-refractivity contribution >= 4 is 29.0 Å². The molecule has 0 spiro atoms. The topological polar surface area (TPSA) is 89.9 Å². The highest BCUT2D eigenvalue weighted by molar-refractivity contribution is 7.99. The van der Waals surface area contributed by atoms with Crippen LogP contribution in [-0.4, -0.2) is 48.1 Å². The number of hydrogen-bond donors (Lipinski definition) is 0. The number of thiophene rings is 1. The molecule has 0 bridgehead atoms. The standard InChI is InChI=1S/C22H24N6O2S2/c1-4-11-27(13-19-24-25-21(30-19)18-10-7-12-31-18)20(29)14-32-22-26-23-16(3)28(22)17-9-6-5-8-15(17)2/h5-10,12H,4,11,13-14H2,1-3H3. The minimum Gasteiger partial charge on any atom is -0.418 e. The zero-order chi connectivity index (χ0) is 22.5. The second kappa shape index (κ2) is 10.1. The van der Waals surface area contributed by atoms with Crippen LogP contribution in [-0.2, 0) is 11.3 Å². The minimum atomic E-state index is -0.00953. The van der Waals surface area contributed by atoms with Crippen LogP contribution in [0.5, 0.6) is 0 Å². The molecule has 32 heavy (non-hydrogen) atoms. The third-order valence-corrected chi connectivity index (χ3v) is 6.62. The maximum absolute atomic E-state index is 13.0. The number of aryl methyl sites for hydroxylation is 2. The molecular weight excluding hydrogens is 444 g/mol. The molecule has 0 aliphatic rings. The number of thioether (sulfide) groups is 1. The Labute approximate surface area is 194 Å². The van der Waals surface area contributed by atoms with Crippen molar-refractivity contribution < 1.29 is 9.21 Å². The molecule has 1 amide bonds. The number of carbonyl (C=O) groups excluding carboxylic acids is 1. The molecule has 0 saturated carbocycles. The van der Waals surface area contributed by atoms with Crippen LogP contribution in [0.25, 0.3) is 16.5 Å². The van der Waals surface area contributed by atoms with Gasteiger partial charge < -0.3 is 9.32 Å². The van der Waals surface area contributed by atoms with Crippen molar-refractivity contribution in [2.45, 2.75) is 38.9 Å². The number of aromatic nitrogens is 5. The van der Waals surface area contributed by atoms with Gasteiger partial charge in [-0.2, -0.15) is 0 Å². The third-order valence-electron chi connectivity index (χ3n) is 4.85. The van der Waals surface area contributed by atoms with E-state index in [0.29, 0.717) is 23.5 Å². The van der Waals surface area contributed by atoms with E-state index in [9.17, 15) is 4.79 Å². The van der Waals surface area contributed by atoms with Crippen LogP contribution in [0, 0.1) is 13.8 Å². The molecule has 3 aromatic heterocycles. The lowest BCUT2D eigenvalue weighted by atomic mass is 10.2. The summed E-state index contributed by atoms with van der Waals surface area (Å²) in [6.45, 7) is 6.90. The summed E-state index contributed by atoms with van der Waals surface area (Å²) in [5.74, 6) is 1.93. The summed E-state index contributed by atoms with van der Waals surface area (Å²) < 4.78 is 7.76. The molecular formula is C22H24N6O2S2. The van der Waals surface area contributed by atoms with E-state index in [0.717, 1.165) is 28.4 Å². The average Bonchev–Trinajstić information content (AvgIpc) is 3.54. The van der Waals surface area contributed by atoms with E-state index in [1.54, 1.807) is 4.90 Å². The third kappa shape index (κ3) is 4.91. The first-order valence-electron chi connectivity index (χ1n) is 10.3. The van der Waals surface area contributed by atoms with Crippen LogP contribution in [0.1, 0.15) is 30.6 Å². The van der Waals surface area contributed by atoms with E-state index in [-0.39, 0.29) is 18.2 Å². The molecule has 4 aromatic rings. The minimum absolute atomic E-state index is 0.00953. The number of hydrogen-bond acceptors (Lipinski definition) is 8. The molecule has 3 heterocycles. The van der Waals surface area contributed by atoms with Crippen molar-refractivity contribution in [3.8, 4) is 16.5 Å². The quantitative estimate of drug-likeness (QED) is 0.333. The number of carbonyl (C=O) groups is 1. The van der Waals surface area contributed by atoms with Gasteiger partial charge in [0.2, 0.25) is 11.8 Å². The summed E-state index contributed by atoms with van der Waals surface area (Å²) >= 11 is 2.92. The van der Waals surface area contributed by atoms with Crippen LogP contribution >= 0.6 is 23.1 Å². The van der Waals surface area contributed by atoms with Gasteiger partial charge in [0.15, 0.2) is 5.16 Å². The Morgan fingerprint density at radius 2 is 1.97 bits per heavy atom. The lowest BCUT2D eigenvalue weighted by molar-refractivity contribution is -0.129. The Morgan fingerprint density at radius 3 is 2.72 bits per heavy atom. The Kier molecular flexibility index (Phi) is 7.01. The van der Waals surface area contributed by atoms with E-state index in [4.69, 9.17) is 4.42 Å². The summed E-state index contributed by atoms with van der Waals surface area (Å²) in [4.78, 5) is 15.7. The molecule has 0 aliphatic heterocycles. The highest BCUT2D eigenvalue weighted by atomic mass is 32.2. The van der Waals surface area contributed by atoms with Crippen molar-refractivity contribution in [1.29, 1.82) is 0 Å². The van der Waals surface area contributed by atoms with Crippen molar-refractivity contribution in [2.24, 2.45) is 0 Å². The smallest absolute Gasteiger partial charge is 0.257 e. The maximum Gasteiger partial charge on any atom is 0.257 e. The number of amides is 1. The molecule has 0 saturated heterocycles. The largest absolute Gasteiger partial charge is 0.418 e. The molecule has 10 heteroatoms. The molecule has 0 fully saturated rings. The van der Waals surface area contributed by atoms with Gasteiger partial charge in [-0.25, -0.2) is 0 Å². The predicted molar refractivity (Wildman–Crippen MR) is 125 cm³/mol. The fourth-order valence-corrected chi connectivity index (χ4v) is 4.83.